The summed E-state index contributed by atoms with van der Waals surface area (Å²) in [5.74, 6) is 1.31. The van der Waals surface area contributed by atoms with Gasteiger partial charge in [0.2, 0.25) is 0 Å². The van der Waals surface area contributed by atoms with Crippen LogP contribution < -0.4 is 9.47 Å². The van der Waals surface area contributed by atoms with Gasteiger partial charge in [0.25, 0.3) is 0 Å². The van der Waals surface area contributed by atoms with Gasteiger partial charge in [-0.25, -0.2) is 0 Å². The fourth-order valence-electron chi connectivity index (χ4n) is 2.73. The van der Waals surface area contributed by atoms with Crippen molar-refractivity contribution < 1.29 is 19.7 Å². The first-order valence-corrected chi connectivity index (χ1v) is 8.21. The van der Waals surface area contributed by atoms with Gasteiger partial charge in [0, 0.05) is 18.2 Å². The molecule has 1 rings (SSSR count). The maximum Gasteiger partial charge on any atom is 0.128 e. The molecule has 126 valence electrons. The Hall–Kier alpha value is -1.26. The monoisotopic (exact) mass is 310 g/mol. The van der Waals surface area contributed by atoms with E-state index >= 15 is 0 Å². The van der Waals surface area contributed by atoms with Crippen molar-refractivity contribution in [3.8, 4) is 11.5 Å². The normalized spacial score (nSPS) is 12.2. The van der Waals surface area contributed by atoms with Crippen molar-refractivity contribution in [2.45, 2.75) is 58.0 Å². The fourth-order valence-corrected chi connectivity index (χ4v) is 2.73. The van der Waals surface area contributed by atoms with E-state index < -0.39 is 6.10 Å². The summed E-state index contributed by atoms with van der Waals surface area (Å²) in [5.41, 5.74) is 1.67. The highest BCUT2D eigenvalue weighted by Crippen LogP contribution is 2.35. The lowest BCUT2D eigenvalue weighted by molar-refractivity contribution is 0.157. The minimum Gasteiger partial charge on any atom is -0.497 e. The second-order valence-electron chi connectivity index (χ2n) is 5.59. The summed E-state index contributed by atoms with van der Waals surface area (Å²) >= 11 is 0. The quantitative estimate of drug-likeness (QED) is 0.613. The second-order valence-corrected chi connectivity index (χ2v) is 5.59. The molecule has 22 heavy (non-hydrogen) atoms. The van der Waals surface area contributed by atoms with Crippen LogP contribution >= 0.6 is 0 Å². The van der Waals surface area contributed by atoms with E-state index in [0.29, 0.717) is 24.3 Å². The SMILES string of the molecule is CCCCCCCC(O)c1c(CCO)cc(OC)cc1OC. The van der Waals surface area contributed by atoms with Gasteiger partial charge in [-0.2, -0.15) is 0 Å². The molecule has 1 unspecified atom stereocenters. The van der Waals surface area contributed by atoms with Crippen LogP contribution in [0, 0.1) is 0 Å². The van der Waals surface area contributed by atoms with Crippen LogP contribution in [-0.2, 0) is 6.42 Å². The molecule has 0 spiro atoms. The van der Waals surface area contributed by atoms with E-state index in [1.54, 1.807) is 20.3 Å². The van der Waals surface area contributed by atoms with Crippen molar-refractivity contribution in [1.29, 1.82) is 0 Å². The lowest BCUT2D eigenvalue weighted by Crippen LogP contribution is -2.07. The summed E-state index contributed by atoms with van der Waals surface area (Å²) in [6.45, 7) is 2.23. The minimum absolute atomic E-state index is 0.0343. The number of unbranched alkanes of at least 4 members (excludes halogenated alkanes) is 4. The molecule has 0 amide bonds. The number of aliphatic hydroxyl groups excluding tert-OH is 2. The molecule has 4 nitrogen and oxygen atoms in total. The molecule has 4 heteroatoms. The van der Waals surface area contributed by atoms with Gasteiger partial charge in [-0.1, -0.05) is 39.0 Å². The molecule has 0 fully saturated rings. The molecular formula is C18H30O4. The molecule has 0 saturated carbocycles. The maximum absolute atomic E-state index is 10.6. The summed E-state index contributed by atoms with van der Waals surface area (Å²) < 4.78 is 10.7. The third kappa shape index (κ3) is 5.50. The van der Waals surface area contributed by atoms with E-state index in [2.05, 4.69) is 6.92 Å². The minimum atomic E-state index is -0.566. The van der Waals surface area contributed by atoms with Gasteiger partial charge in [-0.3, -0.25) is 0 Å². The first-order valence-electron chi connectivity index (χ1n) is 8.21. The van der Waals surface area contributed by atoms with E-state index in [-0.39, 0.29) is 6.61 Å². The molecular weight excluding hydrogens is 280 g/mol. The van der Waals surface area contributed by atoms with E-state index in [0.717, 1.165) is 24.0 Å². The van der Waals surface area contributed by atoms with Gasteiger partial charge in [0.15, 0.2) is 0 Å². The molecule has 0 aliphatic rings. The maximum atomic E-state index is 10.6. The number of benzene rings is 1. The van der Waals surface area contributed by atoms with Gasteiger partial charge >= 0.3 is 0 Å². The predicted molar refractivity (Wildman–Crippen MR) is 88.7 cm³/mol. The zero-order chi connectivity index (χ0) is 16.4. The number of hydrogen-bond donors (Lipinski definition) is 2. The summed E-state index contributed by atoms with van der Waals surface area (Å²) in [6, 6.07) is 3.66. The van der Waals surface area contributed by atoms with Crippen molar-refractivity contribution in [2.24, 2.45) is 0 Å². The van der Waals surface area contributed by atoms with Crippen molar-refractivity contribution in [2.75, 3.05) is 20.8 Å². The molecule has 0 aromatic heterocycles. The third-order valence-electron chi connectivity index (χ3n) is 3.95. The summed E-state index contributed by atoms with van der Waals surface area (Å²) in [4.78, 5) is 0. The lowest BCUT2D eigenvalue weighted by atomic mass is 9.95. The summed E-state index contributed by atoms with van der Waals surface area (Å²) in [6.07, 6.45) is 6.44. The Bertz CT molecular complexity index is 431. The molecule has 0 radical (unpaired) electrons. The Morgan fingerprint density at radius 3 is 2.36 bits per heavy atom. The topological polar surface area (TPSA) is 58.9 Å². The fraction of sp³-hybridized carbons (Fsp3) is 0.667. The number of rotatable bonds is 11. The molecule has 0 heterocycles. The van der Waals surface area contributed by atoms with Crippen LogP contribution in [0.25, 0.3) is 0 Å². The molecule has 1 atom stereocenters. The van der Waals surface area contributed by atoms with Crippen LogP contribution in [0.15, 0.2) is 12.1 Å². The van der Waals surface area contributed by atoms with E-state index in [9.17, 15) is 10.2 Å². The number of ether oxygens (including phenoxy) is 2. The Morgan fingerprint density at radius 1 is 1.05 bits per heavy atom. The van der Waals surface area contributed by atoms with Gasteiger partial charge in [-0.05, 0) is 24.5 Å². The smallest absolute Gasteiger partial charge is 0.128 e. The van der Waals surface area contributed by atoms with Gasteiger partial charge in [-0.15, -0.1) is 0 Å². The van der Waals surface area contributed by atoms with E-state index in [1.165, 1.54) is 19.3 Å². The lowest BCUT2D eigenvalue weighted by Gasteiger charge is -2.20. The standard InChI is InChI=1S/C18H30O4/c1-4-5-6-7-8-9-16(20)18-14(10-11-19)12-15(21-2)13-17(18)22-3/h12-13,16,19-20H,4-11H2,1-3H3. The Balaban J connectivity index is 2.84. The molecule has 0 bridgehead atoms. The molecule has 0 aliphatic carbocycles. The number of aliphatic hydroxyl groups is 2. The Labute approximate surface area is 134 Å². The molecule has 2 N–H and O–H groups in total. The van der Waals surface area contributed by atoms with Crippen LogP contribution in [0.3, 0.4) is 0 Å². The van der Waals surface area contributed by atoms with Crippen molar-refractivity contribution >= 4 is 0 Å². The largest absolute Gasteiger partial charge is 0.497 e. The average molecular weight is 310 g/mol. The number of methoxy groups -OCH3 is 2. The summed E-state index contributed by atoms with van der Waals surface area (Å²) in [5, 5.41) is 19.8. The zero-order valence-corrected chi connectivity index (χ0v) is 14.1. The van der Waals surface area contributed by atoms with Crippen molar-refractivity contribution in [3.05, 3.63) is 23.3 Å². The molecule has 1 aromatic rings. The average Bonchev–Trinajstić information content (AvgIpc) is 2.53. The van der Waals surface area contributed by atoms with Crippen LogP contribution in [-0.4, -0.2) is 31.0 Å². The highest BCUT2D eigenvalue weighted by atomic mass is 16.5. The predicted octanol–water partition coefficient (Wildman–Crippen LogP) is 3.63. The van der Waals surface area contributed by atoms with Crippen LogP contribution in [0.2, 0.25) is 0 Å². The van der Waals surface area contributed by atoms with Crippen LogP contribution in [0.1, 0.15) is 62.7 Å². The van der Waals surface area contributed by atoms with Gasteiger partial charge < -0.3 is 19.7 Å². The second kappa shape index (κ2) is 10.5. The van der Waals surface area contributed by atoms with Crippen LogP contribution in [0.5, 0.6) is 11.5 Å². The summed E-state index contributed by atoms with van der Waals surface area (Å²) in [7, 11) is 3.19. The Morgan fingerprint density at radius 2 is 1.77 bits per heavy atom. The van der Waals surface area contributed by atoms with Crippen molar-refractivity contribution in [3.63, 3.8) is 0 Å². The van der Waals surface area contributed by atoms with Gasteiger partial charge in [0.1, 0.15) is 11.5 Å². The highest BCUT2D eigenvalue weighted by molar-refractivity contribution is 5.48. The zero-order valence-electron chi connectivity index (χ0n) is 14.1. The third-order valence-corrected chi connectivity index (χ3v) is 3.95. The Kier molecular flexibility index (Phi) is 8.94. The van der Waals surface area contributed by atoms with E-state index in [1.807, 2.05) is 6.07 Å². The molecule has 0 aliphatic heterocycles. The number of hydrogen-bond acceptors (Lipinski definition) is 4. The first-order chi connectivity index (χ1) is 10.7. The van der Waals surface area contributed by atoms with Gasteiger partial charge in [0.05, 0.1) is 20.3 Å². The van der Waals surface area contributed by atoms with E-state index in [4.69, 9.17) is 9.47 Å². The first kappa shape index (κ1) is 18.8. The highest BCUT2D eigenvalue weighted by Gasteiger charge is 2.19. The molecule has 1 aromatic carbocycles. The van der Waals surface area contributed by atoms with Crippen LogP contribution in [0.4, 0.5) is 0 Å². The molecule has 0 saturated heterocycles. The van der Waals surface area contributed by atoms with Crippen molar-refractivity contribution in [1.82, 2.24) is 0 Å².